The Morgan fingerprint density at radius 3 is 2.83 bits per heavy atom. The van der Waals surface area contributed by atoms with Crippen molar-refractivity contribution >= 4 is 17.6 Å². The van der Waals surface area contributed by atoms with E-state index < -0.39 is 0 Å². The van der Waals surface area contributed by atoms with Crippen LogP contribution < -0.4 is 5.32 Å². The molecule has 0 aliphatic heterocycles. The molecule has 0 unspecified atom stereocenters. The molecule has 2 N–H and O–H groups in total. The van der Waals surface area contributed by atoms with E-state index in [0.717, 1.165) is 29.0 Å². The largest absolute Gasteiger partial charge is 0.391 e. The molecule has 1 aromatic rings. The maximum Gasteiger partial charge on any atom is 0.189 e. The number of hydrogen-bond donors (Lipinski definition) is 2. The topological polar surface area (TPSA) is 58.0 Å². The van der Waals surface area contributed by atoms with Gasteiger partial charge in [-0.25, -0.2) is 9.97 Å². The van der Waals surface area contributed by atoms with E-state index >= 15 is 0 Å². The lowest BCUT2D eigenvalue weighted by Crippen LogP contribution is -2.18. The third-order valence-electron chi connectivity index (χ3n) is 3.48. The molecule has 0 amide bonds. The van der Waals surface area contributed by atoms with Gasteiger partial charge in [-0.1, -0.05) is 31.0 Å². The van der Waals surface area contributed by atoms with Crippen LogP contribution in [-0.4, -0.2) is 27.9 Å². The monoisotopic (exact) mass is 267 g/mol. The SMILES string of the molecule is CSc1ncc(CO)c(NCC2CCCCC2)n1. The highest BCUT2D eigenvalue weighted by molar-refractivity contribution is 7.98. The Morgan fingerprint density at radius 1 is 1.39 bits per heavy atom. The number of nitrogens with zero attached hydrogens (tertiary/aromatic N) is 2. The predicted molar refractivity (Wildman–Crippen MR) is 74.8 cm³/mol. The minimum Gasteiger partial charge on any atom is -0.391 e. The Labute approximate surface area is 113 Å². The lowest BCUT2D eigenvalue weighted by Gasteiger charge is -2.22. The van der Waals surface area contributed by atoms with Crippen LogP contribution in [0.3, 0.4) is 0 Å². The predicted octanol–water partition coefficient (Wildman–Crippen LogP) is 2.68. The molecule has 1 aliphatic carbocycles. The first-order valence-corrected chi connectivity index (χ1v) is 7.80. The van der Waals surface area contributed by atoms with Gasteiger partial charge in [0, 0.05) is 18.3 Å². The van der Waals surface area contributed by atoms with Crippen LogP contribution in [0.5, 0.6) is 0 Å². The zero-order valence-corrected chi connectivity index (χ0v) is 11.7. The number of nitrogens with one attached hydrogen (secondary N) is 1. The molecule has 0 radical (unpaired) electrons. The van der Waals surface area contributed by atoms with E-state index in [9.17, 15) is 5.11 Å². The Bertz CT molecular complexity index is 380. The van der Waals surface area contributed by atoms with Gasteiger partial charge in [0.2, 0.25) is 0 Å². The Kier molecular flexibility index (Phi) is 5.26. The van der Waals surface area contributed by atoms with Gasteiger partial charge in [0.15, 0.2) is 5.16 Å². The summed E-state index contributed by atoms with van der Waals surface area (Å²) in [7, 11) is 0. The third kappa shape index (κ3) is 3.59. The molecule has 1 aliphatic rings. The molecule has 0 spiro atoms. The number of aliphatic hydroxyl groups excluding tert-OH is 1. The molecule has 0 aromatic carbocycles. The molecule has 5 heteroatoms. The van der Waals surface area contributed by atoms with Crippen molar-refractivity contribution < 1.29 is 5.11 Å². The summed E-state index contributed by atoms with van der Waals surface area (Å²) in [6.07, 6.45) is 10.4. The van der Waals surface area contributed by atoms with Gasteiger partial charge in [-0.05, 0) is 25.0 Å². The molecular weight excluding hydrogens is 246 g/mol. The van der Waals surface area contributed by atoms with E-state index in [1.54, 1.807) is 6.20 Å². The molecule has 2 rings (SSSR count). The smallest absolute Gasteiger partial charge is 0.189 e. The molecule has 1 fully saturated rings. The van der Waals surface area contributed by atoms with Gasteiger partial charge < -0.3 is 10.4 Å². The van der Waals surface area contributed by atoms with Crippen LogP contribution in [0, 0.1) is 5.92 Å². The zero-order valence-electron chi connectivity index (χ0n) is 10.9. The summed E-state index contributed by atoms with van der Waals surface area (Å²) in [5.74, 6) is 1.54. The second-order valence-corrected chi connectivity index (χ2v) is 5.55. The zero-order chi connectivity index (χ0) is 12.8. The Hall–Kier alpha value is -0.810. The fraction of sp³-hybridized carbons (Fsp3) is 0.692. The van der Waals surface area contributed by atoms with Crippen LogP contribution in [-0.2, 0) is 6.61 Å². The van der Waals surface area contributed by atoms with Crippen molar-refractivity contribution in [2.45, 2.75) is 43.9 Å². The summed E-state index contributed by atoms with van der Waals surface area (Å²) in [6.45, 7) is 0.944. The Morgan fingerprint density at radius 2 is 2.17 bits per heavy atom. The van der Waals surface area contributed by atoms with Crippen molar-refractivity contribution in [3.05, 3.63) is 11.8 Å². The van der Waals surface area contributed by atoms with Crippen LogP contribution in [0.1, 0.15) is 37.7 Å². The molecule has 100 valence electrons. The summed E-state index contributed by atoms with van der Waals surface area (Å²) in [4.78, 5) is 8.60. The van der Waals surface area contributed by atoms with E-state index in [-0.39, 0.29) is 6.61 Å². The number of thioether (sulfide) groups is 1. The first-order valence-electron chi connectivity index (χ1n) is 6.58. The maximum absolute atomic E-state index is 9.29. The Balaban J connectivity index is 1.97. The van der Waals surface area contributed by atoms with E-state index in [1.807, 2.05) is 6.26 Å². The van der Waals surface area contributed by atoms with Crippen LogP contribution in [0.4, 0.5) is 5.82 Å². The standard InChI is InChI=1S/C13H21N3OS/c1-18-13-15-8-11(9-17)12(16-13)14-7-10-5-3-2-4-6-10/h8,10,17H,2-7,9H2,1H3,(H,14,15,16). The highest BCUT2D eigenvalue weighted by Gasteiger charge is 2.14. The molecule has 0 bridgehead atoms. The number of aliphatic hydroxyl groups is 1. The summed E-state index contributed by atoms with van der Waals surface area (Å²) in [5, 5.41) is 13.4. The van der Waals surface area contributed by atoms with E-state index in [4.69, 9.17) is 0 Å². The number of hydrogen-bond acceptors (Lipinski definition) is 5. The molecular formula is C13H21N3OS. The summed E-state index contributed by atoms with van der Waals surface area (Å²) in [6, 6.07) is 0. The first-order chi connectivity index (χ1) is 8.83. The fourth-order valence-corrected chi connectivity index (χ4v) is 2.73. The normalized spacial score (nSPS) is 16.8. The van der Waals surface area contributed by atoms with Crippen LogP contribution in [0.15, 0.2) is 11.4 Å². The molecule has 1 saturated carbocycles. The maximum atomic E-state index is 9.29. The van der Waals surface area contributed by atoms with Crippen molar-refractivity contribution in [2.24, 2.45) is 5.92 Å². The molecule has 1 aromatic heterocycles. The van der Waals surface area contributed by atoms with Crippen molar-refractivity contribution in [3.63, 3.8) is 0 Å². The first kappa shape index (κ1) is 13.6. The number of rotatable bonds is 5. The lowest BCUT2D eigenvalue weighted by atomic mass is 9.89. The second kappa shape index (κ2) is 6.95. The van der Waals surface area contributed by atoms with Gasteiger partial charge in [0.05, 0.1) is 6.61 Å². The molecule has 1 heterocycles. The molecule has 0 atom stereocenters. The van der Waals surface area contributed by atoms with Gasteiger partial charge in [-0.3, -0.25) is 0 Å². The van der Waals surface area contributed by atoms with E-state index in [0.29, 0.717) is 0 Å². The third-order valence-corrected chi connectivity index (χ3v) is 4.04. The van der Waals surface area contributed by atoms with Crippen molar-refractivity contribution in [1.29, 1.82) is 0 Å². The summed E-state index contributed by atoms with van der Waals surface area (Å²) in [5.41, 5.74) is 0.781. The van der Waals surface area contributed by atoms with Gasteiger partial charge in [0.1, 0.15) is 5.82 Å². The molecule has 4 nitrogen and oxygen atoms in total. The fourth-order valence-electron chi connectivity index (χ4n) is 2.39. The number of aromatic nitrogens is 2. The summed E-state index contributed by atoms with van der Waals surface area (Å²) < 4.78 is 0. The second-order valence-electron chi connectivity index (χ2n) is 4.77. The van der Waals surface area contributed by atoms with Gasteiger partial charge >= 0.3 is 0 Å². The van der Waals surface area contributed by atoms with E-state index in [1.165, 1.54) is 43.9 Å². The minimum atomic E-state index is -0.0122. The van der Waals surface area contributed by atoms with Gasteiger partial charge in [-0.2, -0.15) is 0 Å². The van der Waals surface area contributed by atoms with Crippen molar-refractivity contribution in [3.8, 4) is 0 Å². The van der Waals surface area contributed by atoms with E-state index in [2.05, 4.69) is 15.3 Å². The molecule has 18 heavy (non-hydrogen) atoms. The van der Waals surface area contributed by atoms with Crippen LogP contribution >= 0.6 is 11.8 Å². The molecule has 0 saturated heterocycles. The average molecular weight is 267 g/mol. The van der Waals surface area contributed by atoms with Crippen molar-refractivity contribution in [2.75, 3.05) is 18.1 Å². The lowest BCUT2D eigenvalue weighted by molar-refractivity contribution is 0.281. The summed E-state index contributed by atoms with van der Waals surface area (Å²) >= 11 is 1.52. The van der Waals surface area contributed by atoms with Crippen LogP contribution in [0.2, 0.25) is 0 Å². The number of anilines is 1. The van der Waals surface area contributed by atoms with Gasteiger partial charge in [-0.15, -0.1) is 0 Å². The van der Waals surface area contributed by atoms with Gasteiger partial charge in [0.25, 0.3) is 0 Å². The highest BCUT2D eigenvalue weighted by Crippen LogP contribution is 2.24. The highest BCUT2D eigenvalue weighted by atomic mass is 32.2. The average Bonchev–Trinajstić information content (AvgIpc) is 2.45. The minimum absolute atomic E-state index is 0.0122. The van der Waals surface area contributed by atoms with Crippen molar-refractivity contribution in [1.82, 2.24) is 9.97 Å². The quantitative estimate of drug-likeness (QED) is 0.634. The van der Waals surface area contributed by atoms with Crippen LogP contribution in [0.25, 0.3) is 0 Å².